The fourth-order valence-corrected chi connectivity index (χ4v) is 2.68. The van der Waals surface area contributed by atoms with Crippen molar-refractivity contribution < 1.29 is 9.53 Å². The molecule has 1 aromatic heterocycles. The Hall–Kier alpha value is -2.88. The van der Waals surface area contributed by atoms with Gasteiger partial charge in [0, 0.05) is 17.1 Å². The number of rotatable bonds is 3. The van der Waals surface area contributed by atoms with Crippen molar-refractivity contribution in [2.75, 3.05) is 12.4 Å². The molecule has 2 aromatic carbocycles. The molecule has 3 aromatic rings. The van der Waals surface area contributed by atoms with E-state index >= 15 is 0 Å². The Labute approximate surface area is 135 Å². The van der Waals surface area contributed by atoms with Crippen LogP contribution in [0.4, 0.5) is 5.69 Å². The van der Waals surface area contributed by atoms with Gasteiger partial charge in [0.1, 0.15) is 5.75 Å². The smallest absolute Gasteiger partial charge is 0.255 e. The molecule has 0 spiro atoms. The van der Waals surface area contributed by atoms with Gasteiger partial charge in [-0.25, -0.2) is 0 Å². The summed E-state index contributed by atoms with van der Waals surface area (Å²) >= 11 is 0. The van der Waals surface area contributed by atoms with Crippen LogP contribution in [0.3, 0.4) is 0 Å². The minimum absolute atomic E-state index is 0.171. The maximum absolute atomic E-state index is 12.5. The lowest BCUT2D eigenvalue weighted by molar-refractivity contribution is 0.102. The molecule has 0 unspecified atom stereocenters. The van der Waals surface area contributed by atoms with Crippen LogP contribution in [-0.4, -0.2) is 18.0 Å². The number of fused-ring (bicyclic) bond motifs is 1. The summed E-state index contributed by atoms with van der Waals surface area (Å²) in [4.78, 5) is 16.9. The number of nitrogens with zero attached hydrogens (tertiary/aromatic N) is 1. The van der Waals surface area contributed by atoms with Crippen LogP contribution in [0.15, 0.2) is 48.7 Å². The second-order valence-electron chi connectivity index (χ2n) is 5.52. The van der Waals surface area contributed by atoms with Crippen molar-refractivity contribution in [1.82, 2.24) is 4.98 Å². The Morgan fingerprint density at radius 3 is 2.74 bits per heavy atom. The monoisotopic (exact) mass is 306 g/mol. The Balaban J connectivity index is 1.99. The molecule has 0 fully saturated rings. The second kappa shape index (κ2) is 6.08. The van der Waals surface area contributed by atoms with Crippen LogP contribution in [0.5, 0.6) is 5.75 Å². The van der Waals surface area contributed by atoms with Crippen LogP contribution in [0.2, 0.25) is 0 Å². The Morgan fingerprint density at radius 1 is 1.13 bits per heavy atom. The molecular weight excluding hydrogens is 288 g/mol. The number of carbonyl (C=O) groups is 1. The van der Waals surface area contributed by atoms with Gasteiger partial charge in [-0.1, -0.05) is 17.7 Å². The number of aromatic nitrogens is 1. The SMILES string of the molecule is COc1cccc(C(=O)Nc2ccnc3c(C)cc(C)cc23)c1. The van der Waals surface area contributed by atoms with Gasteiger partial charge in [-0.15, -0.1) is 0 Å². The first kappa shape index (κ1) is 15.0. The lowest BCUT2D eigenvalue weighted by atomic mass is 10.1. The number of hydrogen-bond donors (Lipinski definition) is 1. The van der Waals surface area contributed by atoms with Crippen LogP contribution in [0, 0.1) is 13.8 Å². The van der Waals surface area contributed by atoms with E-state index in [0.717, 1.165) is 27.7 Å². The molecule has 4 nitrogen and oxygen atoms in total. The van der Waals surface area contributed by atoms with E-state index in [9.17, 15) is 4.79 Å². The Kier molecular flexibility index (Phi) is 3.98. The second-order valence-corrected chi connectivity index (χ2v) is 5.52. The molecule has 1 heterocycles. The van der Waals surface area contributed by atoms with Crippen molar-refractivity contribution in [2.45, 2.75) is 13.8 Å². The predicted molar refractivity (Wildman–Crippen MR) is 92.2 cm³/mol. The van der Waals surface area contributed by atoms with Crippen molar-refractivity contribution in [3.8, 4) is 5.75 Å². The van der Waals surface area contributed by atoms with Crippen LogP contribution in [0.1, 0.15) is 21.5 Å². The van der Waals surface area contributed by atoms with Gasteiger partial charge in [0.25, 0.3) is 5.91 Å². The summed E-state index contributed by atoms with van der Waals surface area (Å²) in [6, 6.07) is 13.0. The van der Waals surface area contributed by atoms with E-state index in [1.165, 1.54) is 0 Å². The zero-order chi connectivity index (χ0) is 16.4. The third-order valence-corrected chi connectivity index (χ3v) is 3.76. The summed E-state index contributed by atoms with van der Waals surface area (Å²) in [5, 5.41) is 3.92. The molecular formula is C19H18N2O2. The van der Waals surface area contributed by atoms with Gasteiger partial charge in [0.05, 0.1) is 18.3 Å². The minimum Gasteiger partial charge on any atom is -0.497 e. The summed E-state index contributed by atoms with van der Waals surface area (Å²) in [6.45, 7) is 4.06. The number of ether oxygens (including phenoxy) is 1. The van der Waals surface area contributed by atoms with Gasteiger partial charge in [-0.2, -0.15) is 0 Å². The van der Waals surface area contributed by atoms with Crippen LogP contribution >= 0.6 is 0 Å². The number of nitrogens with one attached hydrogen (secondary N) is 1. The number of carbonyl (C=O) groups excluding carboxylic acids is 1. The van der Waals surface area contributed by atoms with Crippen molar-refractivity contribution in [3.05, 3.63) is 65.4 Å². The zero-order valence-corrected chi connectivity index (χ0v) is 13.4. The summed E-state index contributed by atoms with van der Waals surface area (Å²) in [7, 11) is 1.58. The average molecular weight is 306 g/mol. The lowest BCUT2D eigenvalue weighted by Crippen LogP contribution is -2.12. The topological polar surface area (TPSA) is 51.2 Å². The van der Waals surface area contributed by atoms with Crippen LogP contribution in [-0.2, 0) is 0 Å². The summed E-state index contributed by atoms with van der Waals surface area (Å²) in [6.07, 6.45) is 1.71. The molecule has 23 heavy (non-hydrogen) atoms. The Morgan fingerprint density at radius 2 is 1.96 bits per heavy atom. The number of benzene rings is 2. The highest BCUT2D eigenvalue weighted by molar-refractivity contribution is 6.09. The lowest BCUT2D eigenvalue weighted by Gasteiger charge is -2.11. The first-order chi connectivity index (χ1) is 11.1. The largest absolute Gasteiger partial charge is 0.497 e. The fraction of sp³-hybridized carbons (Fsp3) is 0.158. The number of amides is 1. The Bertz CT molecular complexity index is 888. The maximum atomic E-state index is 12.5. The van der Waals surface area contributed by atoms with Crippen molar-refractivity contribution in [3.63, 3.8) is 0 Å². The molecule has 0 bridgehead atoms. The van der Waals surface area contributed by atoms with E-state index < -0.39 is 0 Å². The summed E-state index contributed by atoms with van der Waals surface area (Å²) in [5.41, 5.74) is 4.45. The number of anilines is 1. The molecule has 0 aliphatic carbocycles. The number of pyridine rings is 1. The zero-order valence-electron chi connectivity index (χ0n) is 13.4. The highest BCUT2D eigenvalue weighted by Crippen LogP contribution is 2.26. The van der Waals surface area contributed by atoms with Crippen LogP contribution in [0.25, 0.3) is 10.9 Å². The third kappa shape index (κ3) is 3.01. The molecule has 0 aliphatic rings. The molecule has 0 atom stereocenters. The van der Waals surface area contributed by atoms with Gasteiger partial charge in [0.2, 0.25) is 0 Å². The van der Waals surface area contributed by atoms with Gasteiger partial charge in [-0.05, 0) is 49.7 Å². The van der Waals surface area contributed by atoms with E-state index in [4.69, 9.17) is 4.74 Å². The van der Waals surface area contributed by atoms with Gasteiger partial charge >= 0.3 is 0 Å². The fourth-order valence-electron chi connectivity index (χ4n) is 2.68. The molecule has 1 amide bonds. The van der Waals surface area contributed by atoms with E-state index in [-0.39, 0.29) is 5.91 Å². The molecule has 0 aliphatic heterocycles. The minimum atomic E-state index is -0.171. The molecule has 1 N–H and O–H groups in total. The highest BCUT2D eigenvalue weighted by Gasteiger charge is 2.11. The summed E-state index contributed by atoms with van der Waals surface area (Å²) in [5.74, 6) is 0.486. The maximum Gasteiger partial charge on any atom is 0.255 e. The number of aryl methyl sites for hydroxylation is 2. The van der Waals surface area contributed by atoms with Gasteiger partial charge < -0.3 is 10.1 Å². The van der Waals surface area contributed by atoms with Crippen LogP contribution < -0.4 is 10.1 Å². The molecule has 3 rings (SSSR count). The van der Waals surface area contributed by atoms with E-state index in [1.54, 1.807) is 31.5 Å². The average Bonchev–Trinajstić information content (AvgIpc) is 2.55. The molecule has 116 valence electrons. The van der Waals surface area contributed by atoms with Crippen molar-refractivity contribution in [2.24, 2.45) is 0 Å². The van der Waals surface area contributed by atoms with E-state index in [0.29, 0.717) is 11.3 Å². The number of methoxy groups -OCH3 is 1. The van der Waals surface area contributed by atoms with E-state index in [2.05, 4.69) is 16.4 Å². The van der Waals surface area contributed by atoms with Crippen molar-refractivity contribution >= 4 is 22.5 Å². The van der Waals surface area contributed by atoms with E-state index in [1.807, 2.05) is 32.0 Å². The normalized spacial score (nSPS) is 10.6. The number of hydrogen-bond acceptors (Lipinski definition) is 3. The summed E-state index contributed by atoms with van der Waals surface area (Å²) < 4.78 is 5.17. The molecule has 0 radical (unpaired) electrons. The standard InChI is InChI=1S/C19H18N2O2/c1-12-9-13(2)18-16(10-12)17(7-8-20-18)21-19(22)14-5-4-6-15(11-14)23-3/h4-11H,1-3H3,(H,20,21,22). The first-order valence-electron chi connectivity index (χ1n) is 7.40. The van der Waals surface area contributed by atoms with Gasteiger partial charge in [0.15, 0.2) is 0 Å². The molecule has 0 saturated carbocycles. The van der Waals surface area contributed by atoms with Gasteiger partial charge in [-0.3, -0.25) is 9.78 Å². The molecule has 4 heteroatoms. The third-order valence-electron chi connectivity index (χ3n) is 3.76. The highest BCUT2D eigenvalue weighted by atomic mass is 16.5. The quantitative estimate of drug-likeness (QED) is 0.792. The predicted octanol–water partition coefficient (Wildman–Crippen LogP) is 4.11. The van der Waals surface area contributed by atoms with Crippen molar-refractivity contribution in [1.29, 1.82) is 0 Å². The first-order valence-corrected chi connectivity index (χ1v) is 7.40. The molecule has 0 saturated heterocycles.